The highest BCUT2D eigenvalue weighted by molar-refractivity contribution is 5.78. The summed E-state index contributed by atoms with van der Waals surface area (Å²) in [6, 6.07) is 5.79. The molecule has 25 heavy (non-hydrogen) atoms. The first-order valence-corrected chi connectivity index (χ1v) is 9.74. The SMILES string of the molecule is O=C(O)C1([C@H]2C3CCC4c5ccc(O)cc5CCC4C3C[C@H]2O)CC1. The van der Waals surface area contributed by atoms with Gasteiger partial charge in [0.2, 0.25) is 0 Å². The number of benzene rings is 1. The molecule has 0 aromatic heterocycles. The van der Waals surface area contributed by atoms with Crippen LogP contribution in [0, 0.1) is 29.1 Å². The zero-order chi connectivity index (χ0) is 17.3. The minimum Gasteiger partial charge on any atom is -0.508 e. The molecule has 0 spiro atoms. The summed E-state index contributed by atoms with van der Waals surface area (Å²) in [5.41, 5.74) is 2.02. The van der Waals surface area contributed by atoms with Crippen LogP contribution in [0.25, 0.3) is 0 Å². The number of phenolic OH excluding ortho intramolecular Hbond substituents is 1. The fourth-order valence-corrected chi connectivity index (χ4v) is 6.82. The molecule has 1 aromatic rings. The van der Waals surface area contributed by atoms with E-state index in [0.717, 1.165) is 44.9 Å². The number of aromatic hydroxyl groups is 1. The number of aryl methyl sites for hydroxylation is 1. The molecular weight excluding hydrogens is 316 g/mol. The number of hydrogen-bond donors (Lipinski definition) is 3. The molecule has 0 saturated heterocycles. The van der Waals surface area contributed by atoms with Crippen molar-refractivity contribution in [2.24, 2.45) is 29.1 Å². The van der Waals surface area contributed by atoms with Gasteiger partial charge < -0.3 is 15.3 Å². The molecule has 5 rings (SSSR count). The molecule has 3 saturated carbocycles. The van der Waals surface area contributed by atoms with Gasteiger partial charge in [0.15, 0.2) is 0 Å². The van der Waals surface area contributed by atoms with E-state index >= 15 is 0 Å². The number of carboxylic acid groups (broad SMARTS) is 1. The maximum atomic E-state index is 11.8. The van der Waals surface area contributed by atoms with Crippen molar-refractivity contribution < 1.29 is 20.1 Å². The Bertz CT molecular complexity index is 723. The third-order valence-electron chi connectivity index (χ3n) is 7.94. The largest absolute Gasteiger partial charge is 0.508 e. The fourth-order valence-electron chi connectivity index (χ4n) is 6.82. The van der Waals surface area contributed by atoms with Crippen molar-refractivity contribution in [1.82, 2.24) is 0 Å². The number of hydrogen-bond acceptors (Lipinski definition) is 3. The van der Waals surface area contributed by atoms with Crippen LogP contribution in [0.1, 0.15) is 55.6 Å². The minimum absolute atomic E-state index is 0.0443. The number of rotatable bonds is 2. The highest BCUT2D eigenvalue weighted by atomic mass is 16.4. The lowest BCUT2D eigenvalue weighted by Crippen LogP contribution is -2.39. The van der Waals surface area contributed by atoms with E-state index in [4.69, 9.17) is 0 Å². The van der Waals surface area contributed by atoms with Crippen LogP contribution in [-0.2, 0) is 11.2 Å². The average Bonchev–Trinajstić information content (AvgIpc) is 3.31. The van der Waals surface area contributed by atoms with E-state index in [2.05, 4.69) is 6.07 Å². The molecule has 3 fully saturated rings. The van der Waals surface area contributed by atoms with Crippen LogP contribution in [0.15, 0.2) is 18.2 Å². The summed E-state index contributed by atoms with van der Waals surface area (Å²) in [4.78, 5) is 11.8. The number of phenols is 1. The van der Waals surface area contributed by atoms with Crippen LogP contribution in [0.2, 0.25) is 0 Å². The van der Waals surface area contributed by atoms with Crippen molar-refractivity contribution in [2.75, 3.05) is 0 Å². The maximum Gasteiger partial charge on any atom is 0.310 e. The molecule has 0 amide bonds. The molecule has 0 bridgehead atoms. The van der Waals surface area contributed by atoms with E-state index in [0.29, 0.717) is 29.4 Å². The molecule has 4 heteroatoms. The third kappa shape index (κ3) is 2.13. The maximum absolute atomic E-state index is 11.8. The first kappa shape index (κ1) is 15.7. The van der Waals surface area contributed by atoms with E-state index in [-0.39, 0.29) is 5.92 Å². The van der Waals surface area contributed by atoms with E-state index < -0.39 is 17.5 Å². The van der Waals surface area contributed by atoms with Gasteiger partial charge in [-0.25, -0.2) is 0 Å². The van der Waals surface area contributed by atoms with Crippen molar-refractivity contribution in [1.29, 1.82) is 0 Å². The van der Waals surface area contributed by atoms with Crippen molar-refractivity contribution in [3.05, 3.63) is 29.3 Å². The Kier molecular flexibility index (Phi) is 3.28. The van der Waals surface area contributed by atoms with Gasteiger partial charge in [0, 0.05) is 5.92 Å². The molecule has 0 radical (unpaired) electrons. The molecule has 1 aromatic carbocycles. The normalized spacial score (nSPS) is 40.7. The lowest BCUT2D eigenvalue weighted by atomic mass is 9.59. The highest BCUT2D eigenvalue weighted by Crippen LogP contribution is 2.65. The molecule has 3 N–H and O–H groups in total. The summed E-state index contributed by atoms with van der Waals surface area (Å²) < 4.78 is 0. The first-order chi connectivity index (χ1) is 12.0. The lowest BCUT2D eigenvalue weighted by Gasteiger charge is -2.45. The van der Waals surface area contributed by atoms with Crippen LogP contribution in [0.3, 0.4) is 0 Å². The summed E-state index contributed by atoms with van der Waals surface area (Å²) >= 11 is 0. The summed E-state index contributed by atoms with van der Waals surface area (Å²) in [6.07, 6.45) is 6.01. The van der Waals surface area contributed by atoms with Gasteiger partial charge in [-0.3, -0.25) is 4.79 Å². The van der Waals surface area contributed by atoms with Crippen molar-refractivity contribution in [3.8, 4) is 5.75 Å². The molecular formula is C21H26O4. The van der Waals surface area contributed by atoms with Gasteiger partial charge in [-0.15, -0.1) is 0 Å². The summed E-state index contributed by atoms with van der Waals surface area (Å²) in [5, 5.41) is 30.3. The number of aliphatic hydroxyl groups excluding tert-OH is 1. The summed E-state index contributed by atoms with van der Waals surface area (Å²) in [7, 11) is 0. The van der Waals surface area contributed by atoms with Gasteiger partial charge in [0.25, 0.3) is 0 Å². The van der Waals surface area contributed by atoms with Crippen LogP contribution in [0.4, 0.5) is 0 Å². The first-order valence-electron chi connectivity index (χ1n) is 9.74. The van der Waals surface area contributed by atoms with Crippen LogP contribution in [0.5, 0.6) is 5.75 Å². The zero-order valence-corrected chi connectivity index (χ0v) is 14.4. The van der Waals surface area contributed by atoms with Gasteiger partial charge >= 0.3 is 5.97 Å². The average molecular weight is 342 g/mol. The Morgan fingerprint density at radius 1 is 1.08 bits per heavy atom. The number of fused-ring (bicyclic) bond motifs is 5. The molecule has 4 nitrogen and oxygen atoms in total. The Hall–Kier alpha value is -1.55. The monoisotopic (exact) mass is 342 g/mol. The topological polar surface area (TPSA) is 77.8 Å². The fraction of sp³-hybridized carbons (Fsp3) is 0.667. The Balaban J connectivity index is 1.46. The van der Waals surface area contributed by atoms with Crippen LogP contribution in [-0.4, -0.2) is 27.4 Å². The Morgan fingerprint density at radius 3 is 2.60 bits per heavy atom. The second-order valence-electron chi connectivity index (χ2n) is 8.89. The minimum atomic E-state index is -0.691. The van der Waals surface area contributed by atoms with E-state index in [1.807, 2.05) is 6.07 Å². The summed E-state index contributed by atoms with van der Waals surface area (Å²) in [5.74, 6) is 1.50. The van der Waals surface area contributed by atoms with Crippen LogP contribution >= 0.6 is 0 Å². The number of carboxylic acids is 1. The highest BCUT2D eigenvalue weighted by Gasteiger charge is 2.65. The molecule has 6 atom stereocenters. The second kappa shape index (κ2) is 5.23. The number of aliphatic hydroxyl groups is 1. The van der Waals surface area contributed by atoms with Gasteiger partial charge in [0.1, 0.15) is 5.75 Å². The molecule has 4 unspecified atom stereocenters. The van der Waals surface area contributed by atoms with Crippen molar-refractivity contribution >= 4 is 5.97 Å². The third-order valence-corrected chi connectivity index (χ3v) is 7.94. The van der Waals surface area contributed by atoms with Gasteiger partial charge in [0.05, 0.1) is 11.5 Å². The van der Waals surface area contributed by atoms with E-state index in [1.54, 1.807) is 6.07 Å². The molecule has 4 aliphatic rings. The van der Waals surface area contributed by atoms with E-state index in [1.165, 1.54) is 11.1 Å². The number of aliphatic carboxylic acids is 1. The predicted octanol–water partition coefficient (Wildman–Crippen LogP) is 3.31. The molecule has 0 heterocycles. The predicted molar refractivity (Wildman–Crippen MR) is 92.3 cm³/mol. The van der Waals surface area contributed by atoms with Crippen molar-refractivity contribution in [3.63, 3.8) is 0 Å². The number of carbonyl (C=O) groups is 1. The molecule has 0 aliphatic heterocycles. The van der Waals surface area contributed by atoms with Crippen LogP contribution < -0.4 is 0 Å². The Labute approximate surface area is 147 Å². The molecule has 134 valence electrons. The standard InChI is InChI=1S/C21H26O4/c22-12-2-4-13-11(9-12)1-3-15-14(13)5-6-16-17(15)10-18(23)19(16)21(7-8-21)20(24)25/h2,4,9,14-19,22-23H,1,3,5-8,10H2,(H,24,25)/t14?,15?,16?,17?,18-,19+/m1/s1. The summed E-state index contributed by atoms with van der Waals surface area (Å²) in [6.45, 7) is 0. The second-order valence-corrected chi connectivity index (χ2v) is 8.89. The smallest absolute Gasteiger partial charge is 0.310 e. The lowest BCUT2D eigenvalue weighted by molar-refractivity contribution is -0.148. The van der Waals surface area contributed by atoms with Crippen molar-refractivity contribution in [2.45, 2.75) is 57.0 Å². The Morgan fingerprint density at radius 2 is 1.88 bits per heavy atom. The van der Waals surface area contributed by atoms with Gasteiger partial charge in [-0.1, -0.05) is 6.07 Å². The molecule has 4 aliphatic carbocycles. The van der Waals surface area contributed by atoms with E-state index in [9.17, 15) is 20.1 Å². The van der Waals surface area contributed by atoms with Gasteiger partial charge in [-0.05, 0) is 91.9 Å². The van der Waals surface area contributed by atoms with Gasteiger partial charge in [-0.2, -0.15) is 0 Å². The quantitative estimate of drug-likeness (QED) is 0.770. The zero-order valence-electron chi connectivity index (χ0n) is 14.4.